The summed E-state index contributed by atoms with van der Waals surface area (Å²) in [4.78, 5) is 81.9. The van der Waals surface area contributed by atoms with Gasteiger partial charge >= 0.3 is 33.8 Å². The van der Waals surface area contributed by atoms with E-state index in [0.717, 1.165) is 97.6 Å². The lowest BCUT2D eigenvalue weighted by atomic mass is 10.0. The highest BCUT2D eigenvalue weighted by atomic mass is 79.9. The van der Waals surface area contributed by atoms with Gasteiger partial charge in [-0.15, -0.1) is 0 Å². The highest BCUT2D eigenvalue weighted by molar-refractivity contribution is 9.10. The molecule has 18 aromatic rings. The average Bonchev–Trinajstić information content (AvgIpc) is 0.681. The third-order valence-electron chi connectivity index (χ3n) is 17.8. The zero-order chi connectivity index (χ0) is 76.5. The number of fused-ring (bicyclic) bond motifs is 18. The monoisotopic (exact) mass is 1570 g/mol. The molecule has 0 saturated heterocycles. The number of phenolic OH excluding ortho intramolecular Hbond substituents is 2. The molecule has 2 N–H and O–H groups in total. The minimum absolute atomic E-state index is 0.0285. The van der Waals surface area contributed by atoms with Crippen molar-refractivity contribution in [3.63, 3.8) is 0 Å². The highest BCUT2D eigenvalue weighted by Crippen LogP contribution is 2.34. The van der Waals surface area contributed by atoms with Gasteiger partial charge in [0, 0.05) is 70.1 Å². The number of aldehydes is 1. The smallest absolute Gasteiger partial charge is 0.344 e. The highest BCUT2D eigenvalue weighted by Gasteiger charge is 2.17. The van der Waals surface area contributed by atoms with Crippen molar-refractivity contribution in [2.75, 3.05) is 0 Å². The van der Waals surface area contributed by atoms with E-state index in [1.165, 1.54) is 42.5 Å². The molecule has 0 amide bonds. The molecule has 12 aromatic carbocycles. The number of hydrogen-bond acceptors (Lipinski definition) is 15. The molecule has 0 aliphatic rings. The number of hydrogen-bond donors (Lipinski definition) is 2. The van der Waals surface area contributed by atoms with Crippen molar-refractivity contribution in [3.05, 3.63) is 341 Å². The van der Waals surface area contributed by atoms with E-state index < -0.39 is 35.4 Å². The molecule has 18 rings (SSSR count). The van der Waals surface area contributed by atoms with Crippen LogP contribution in [0.3, 0.4) is 0 Å². The predicted molar refractivity (Wildman–Crippen MR) is 423 cm³/mol. The lowest BCUT2D eigenvalue weighted by molar-refractivity contribution is 0.112. The number of halogens is 6. The zero-order valence-corrected chi connectivity index (χ0v) is 60.4. The fraction of sp³-hybridized carbons (Fsp3) is 0.0690. The molecule has 6 aromatic heterocycles. The summed E-state index contributed by atoms with van der Waals surface area (Å²) >= 11 is 6.68. The van der Waals surface area contributed by atoms with Gasteiger partial charge in [0.05, 0.1) is 32.3 Å². The third kappa shape index (κ3) is 15.3. The summed E-state index contributed by atoms with van der Waals surface area (Å²) < 4.78 is 83.7. The van der Waals surface area contributed by atoms with Gasteiger partial charge in [0.25, 0.3) is 12.9 Å². The number of aryl methyl sites for hydroxylation is 4. The number of carbonyl (C=O) groups excluding carboxylic acids is 1. The van der Waals surface area contributed by atoms with Gasteiger partial charge in [-0.05, 0) is 185 Å². The maximum Gasteiger partial charge on any atom is 0.344 e. The van der Waals surface area contributed by atoms with Crippen LogP contribution >= 0.6 is 31.9 Å². The number of alkyl halides is 4. The third-order valence-corrected chi connectivity index (χ3v) is 18.8. The van der Waals surface area contributed by atoms with Gasteiger partial charge in [0.15, 0.2) is 0 Å². The van der Waals surface area contributed by atoms with Crippen LogP contribution in [0.15, 0.2) is 289 Å². The molecule has 536 valence electrons. The lowest BCUT2D eigenvalue weighted by Crippen LogP contribution is -2.01. The summed E-state index contributed by atoms with van der Waals surface area (Å²) in [6, 6.07) is 61.9. The second kappa shape index (κ2) is 30.7. The van der Waals surface area contributed by atoms with E-state index >= 15 is 0 Å². The molecule has 0 saturated carbocycles. The SMILES string of the molecule is C=Cc1ccc2c(c1)c(=O)oc1cc(C)ccc12.Cc1ccc2c(c1)oc(=O)c1cc(Br)ccc12.Cc1ccc2c(c1)oc(=O)c1cc(C(F)F)ccc12.Cc1ccc2c(c1)oc(=O)c1cc(C=O)ccc12.O=c1oc2cc(O)ccc2c2ccc(Br)cc12.O=c1oc2cc(O)ccc2c2ccc(C(F)F)cc12. The largest absolute Gasteiger partial charge is 0.508 e. The van der Waals surface area contributed by atoms with Crippen LogP contribution in [0.4, 0.5) is 17.6 Å². The van der Waals surface area contributed by atoms with Crippen LogP contribution in [0.5, 0.6) is 11.5 Å². The number of rotatable bonds is 4. The summed E-state index contributed by atoms with van der Waals surface area (Å²) in [7, 11) is 0. The average molecular weight is 1580 g/mol. The van der Waals surface area contributed by atoms with E-state index in [2.05, 4.69) is 38.4 Å². The van der Waals surface area contributed by atoms with Crippen molar-refractivity contribution in [3.8, 4) is 11.5 Å². The quantitative estimate of drug-likeness (QED) is 0.0721. The fourth-order valence-corrected chi connectivity index (χ4v) is 13.2. The lowest BCUT2D eigenvalue weighted by Gasteiger charge is -2.05. The van der Waals surface area contributed by atoms with Gasteiger partial charge in [-0.2, -0.15) is 0 Å². The Morgan fingerprint density at radius 2 is 0.537 bits per heavy atom. The van der Waals surface area contributed by atoms with Gasteiger partial charge in [-0.1, -0.05) is 154 Å². The van der Waals surface area contributed by atoms with Crippen LogP contribution in [0.2, 0.25) is 0 Å². The van der Waals surface area contributed by atoms with E-state index in [1.54, 1.807) is 66.7 Å². The first-order chi connectivity index (χ1) is 51.8. The van der Waals surface area contributed by atoms with Crippen LogP contribution in [0.25, 0.3) is 137 Å². The molecule has 0 unspecified atom stereocenters. The van der Waals surface area contributed by atoms with Crippen LogP contribution in [0, 0.1) is 27.7 Å². The van der Waals surface area contributed by atoms with Crippen LogP contribution in [-0.2, 0) is 0 Å². The second-order valence-corrected chi connectivity index (χ2v) is 27.1. The summed E-state index contributed by atoms with van der Waals surface area (Å²) in [5, 5.41) is 30.8. The van der Waals surface area contributed by atoms with E-state index in [9.17, 15) is 61.3 Å². The van der Waals surface area contributed by atoms with E-state index in [1.807, 2.05) is 137 Å². The Balaban J connectivity index is 0.000000114. The molecule has 0 fully saturated rings. The van der Waals surface area contributed by atoms with Gasteiger partial charge < -0.3 is 36.7 Å². The summed E-state index contributed by atoms with van der Waals surface area (Å²) in [5.74, 6) is 0.0521. The normalized spacial score (nSPS) is 11.2. The number of phenols is 2. The standard InChI is InChI=1S/C16H12O2.C15H10F2O2.C15H10O3.C14H9BrO2.C14H8F2O3.C13H7BrO3/c1-3-11-5-7-12-13-6-4-10(2)8-15(13)18-16(17)14(12)9-11;1-8-2-4-11-10-5-3-9(14(16)17)7-12(10)15(18)19-13(11)6-8;1-9-2-4-12-11-5-3-10(8-16)7-13(11)15(17)18-14(12)6-9;1-8-2-4-11-10-5-3-9(15)7-12(10)14(16)17-13(11)6-8;15-13(16)7-1-3-9-10-4-2-8(17)6-12(10)19-14(18)11(9)5-7;14-7-1-3-9-10-4-2-8(15)6-12(10)17-13(16)11(9)5-7/h3-9H,1H2,2H3;2-7,14H,1H3;2-8H,1H3;2-7H,1H3;1-6,13,17H;1-6,15H. The number of aromatic hydroxyl groups is 2. The first-order valence-electron chi connectivity index (χ1n) is 33.0. The molecule has 0 bridgehead atoms. The molecule has 108 heavy (non-hydrogen) atoms. The Hall–Kier alpha value is -12.9. The Bertz CT molecular complexity index is 6680. The van der Waals surface area contributed by atoms with E-state index in [4.69, 9.17) is 26.5 Å². The summed E-state index contributed by atoms with van der Waals surface area (Å²) in [6.45, 7) is 11.5. The molecule has 6 heterocycles. The molecule has 21 heteroatoms. The molecule has 0 atom stereocenters. The van der Waals surface area contributed by atoms with Crippen LogP contribution < -0.4 is 33.8 Å². The molecule has 0 spiro atoms. The Kier molecular flexibility index (Phi) is 20.9. The molecule has 0 radical (unpaired) electrons. The molecule has 15 nitrogen and oxygen atoms in total. The van der Waals surface area contributed by atoms with Gasteiger partial charge in [-0.3, -0.25) is 4.79 Å². The van der Waals surface area contributed by atoms with Crippen molar-refractivity contribution in [2.45, 2.75) is 40.5 Å². The van der Waals surface area contributed by atoms with E-state index in [0.29, 0.717) is 71.2 Å². The van der Waals surface area contributed by atoms with Crippen LogP contribution in [0.1, 0.15) is 62.2 Å². The minimum atomic E-state index is -2.64. The molecule has 0 aliphatic heterocycles. The first kappa shape index (κ1) is 73.5. The topological polar surface area (TPSA) is 239 Å². The molecular formula is C87H56Br2F4O15. The number of benzene rings is 12. The van der Waals surface area contributed by atoms with Crippen molar-refractivity contribution in [1.82, 2.24) is 0 Å². The van der Waals surface area contributed by atoms with Crippen LogP contribution in [-0.4, -0.2) is 16.5 Å². The van der Waals surface area contributed by atoms with Gasteiger partial charge in [0.1, 0.15) is 51.3 Å². The molecule has 0 aliphatic carbocycles. The molecular weight excluding hydrogens is 1520 g/mol. The maximum atomic E-state index is 12.7. The zero-order valence-electron chi connectivity index (χ0n) is 57.3. The second-order valence-electron chi connectivity index (χ2n) is 25.2. The number of carbonyl (C=O) groups is 1. The first-order valence-corrected chi connectivity index (χ1v) is 34.6. The Morgan fingerprint density at radius 1 is 0.296 bits per heavy atom. The van der Waals surface area contributed by atoms with Gasteiger partial charge in [0.2, 0.25) is 0 Å². The van der Waals surface area contributed by atoms with Gasteiger partial charge in [-0.25, -0.2) is 46.3 Å². The Labute approximate surface area is 622 Å². The van der Waals surface area contributed by atoms with Crippen molar-refractivity contribution in [2.24, 2.45) is 0 Å². The summed E-state index contributed by atoms with van der Waals surface area (Å²) in [6.07, 6.45) is -2.80. The summed E-state index contributed by atoms with van der Waals surface area (Å²) in [5.41, 5.74) is 5.42. The van der Waals surface area contributed by atoms with Crippen molar-refractivity contribution < 1.29 is 59.1 Å². The van der Waals surface area contributed by atoms with Crippen molar-refractivity contribution in [1.29, 1.82) is 0 Å². The van der Waals surface area contributed by atoms with E-state index in [-0.39, 0.29) is 50.2 Å². The minimum Gasteiger partial charge on any atom is -0.508 e. The van der Waals surface area contributed by atoms with Crippen molar-refractivity contribution >= 4 is 175 Å². The maximum absolute atomic E-state index is 12.7. The predicted octanol–water partition coefficient (Wildman–Crippen LogP) is 22.2. The Morgan fingerprint density at radius 3 is 0.833 bits per heavy atom. The fourth-order valence-electron chi connectivity index (χ4n) is 12.5.